The van der Waals surface area contributed by atoms with Gasteiger partial charge in [-0.25, -0.2) is 4.99 Å². The molecule has 2 aromatic rings. The van der Waals surface area contributed by atoms with E-state index in [1.165, 1.54) is 11.8 Å². The highest BCUT2D eigenvalue weighted by molar-refractivity contribution is 8.15. The highest BCUT2D eigenvalue weighted by Crippen LogP contribution is 2.37. The maximum absolute atomic E-state index is 12.8. The maximum Gasteiger partial charge on any atom is 0.242 e. The van der Waals surface area contributed by atoms with Crippen LogP contribution in [0.2, 0.25) is 0 Å². The van der Waals surface area contributed by atoms with E-state index in [9.17, 15) is 9.59 Å². The molecule has 0 radical (unpaired) electrons. The Bertz CT molecular complexity index is 1020. The van der Waals surface area contributed by atoms with Gasteiger partial charge in [-0.15, -0.1) is 0 Å². The number of amides is 2. The zero-order valence-electron chi connectivity index (χ0n) is 18.0. The molecule has 0 spiro atoms. The smallest absolute Gasteiger partial charge is 0.242 e. The van der Waals surface area contributed by atoms with Crippen molar-refractivity contribution in [2.24, 2.45) is 4.99 Å². The van der Waals surface area contributed by atoms with E-state index in [0.29, 0.717) is 41.2 Å². The van der Waals surface area contributed by atoms with Gasteiger partial charge in [0.05, 0.1) is 12.3 Å². The average molecular weight is 456 g/mol. The van der Waals surface area contributed by atoms with Gasteiger partial charge in [0.1, 0.15) is 11.0 Å². The van der Waals surface area contributed by atoms with Crippen molar-refractivity contribution in [2.75, 3.05) is 25.3 Å². The predicted molar refractivity (Wildman–Crippen MR) is 124 cm³/mol. The fourth-order valence-electron chi connectivity index (χ4n) is 3.32. The molecule has 0 saturated carbocycles. The van der Waals surface area contributed by atoms with Crippen LogP contribution in [0.25, 0.3) is 0 Å². The Morgan fingerprint density at radius 2 is 1.97 bits per heavy atom. The Morgan fingerprint density at radius 1 is 1.19 bits per heavy atom. The van der Waals surface area contributed by atoms with E-state index in [1.54, 1.807) is 29.2 Å². The zero-order chi connectivity index (χ0) is 22.5. The summed E-state index contributed by atoms with van der Waals surface area (Å²) in [6.45, 7) is 5.25. The number of nitrogens with zero attached hydrogens (tertiary/aromatic N) is 2. The van der Waals surface area contributed by atoms with Gasteiger partial charge in [0, 0.05) is 24.7 Å². The van der Waals surface area contributed by atoms with Gasteiger partial charge in [0.15, 0.2) is 16.7 Å². The van der Waals surface area contributed by atoms with Crippen LogP contribution in [-0.2, 0) is 9.59 Å². The van der Waals surface area contributed by atoms with Gasteiger partial charge in [-0.1, -0.05) is 18.7 Å². The minimum absolute atomic E-state index is 0.0637. The van der Waals surface area contributed by atoms with Crippen LogP contribution in [0.4, 0.5) is 11.4 Å². The van der Waals surface area contributed by atoms with Crippen molar-refractivity contribution < 1.29 is 23.8 Å². The first-order valence-corrected chi connectivity index (χ1v) is 11.4. The quantitative estimate of drug-likeness (QED) is 0.642. The van der Waals surface area contributed by atoms with Crippen LogP contribution in [-0.4, -0.2) is 47.1 Å². The number of carbonyl (C=O) groups is 2. The largest absolute Gasteiger partial charge is 0.494 e. The van der Waals surface area contributed by atoms with Gasteiger partial charge in [-0.3, -0.25) is 14.5 Å². The number of amidine groups is 1. The van der Waals surface area contributed by atoms with E-state index in [4.69, 9.17) is 14.2 Å². The summed E-state index contributed by atoms with van der Waals surface area (Å²) in [5.41, 5.74) is 1.33. The molecule has 1 atom stereocenters. The van der Waals surface area contributed by atoms with Gasteiger partial charge in [0.25, 0.3) is 0 Å². The Balaban J connectivity index is 1.39. The Hall–Kier alpha value is -3.20. The van der Waals surface area contributed by atoms with Gasteiger partial charge in [-0.05, 0) is 49.7 Å². The van der Waals surface area contributed by atoms with Gasteiger partial charge in [-0.2, -0.15) is 0 Å². The summed E-state index contributed by atoms with van der Waals surface area (Å²) in [5, 5.41) is 2.91. The lowest BCUT2D eigenvalue weighted by molar-refractivity contribution is -0.128. The van der Waals surface area contributed by atoms with Crippen molar-refractivity contribution in [3.05, 3.63) is 42.5 Å². The number of nitrogens with one attached hydrogen (secondary N) is 1. The summed E-state index contributed by atoms with van der Waals surface area (Å²) < 4.78 is 16.3. The molecule has 1 saturated heterocycles. The number of fused-ring (bicyclic) bond motifs is 1. The van der Waals surface area contributed by atoms with Crippen molar-refractivity contribution in [1.82, 2.24) is 4.90 Å². The van der Waals surface area contributed by atoms with E-state index in [0.717, 1.165) is 12.2 Å². The molecule has 9 heteroatoms. The molecule has 2 heterocycles. The molecular formula is C23H25N3O5S. The monoisotopic (exact) mass is 455 g/mol. The topological polar surface area (TPSA) is 89.5 Å². The molecule has 32 heavy (non-hydrogen) atoms. The van der Waals surface area contributed by atoms with Crippen LogP contribution in [0.5, 0.6) is 17.2 Å². The molecule has 0 bridgehead atoms. The molecule has 0 unspecified atom stereocenters. The molecule has 168 valence electrons. The zero-order valence-corrected chi connectivity index (χ0v) is 18.8. The Labute approximate surface area is 190 Å². The van der Waals surface area contributed by atoms with Crippen molar-refractivity contribution in [1.29, 1.82) is 0 Å². The second kappa shape index (κ2) is 9.95. The SMILES string of the molecule is CCCOc1ccc(NC(=O)C[C@H]2SC(=Nc3ccc4c(c3)OCO4)N(CC)C2=O)cc1. The number of rotatable bonds is 8. The van der Waals surface area contributed by atoms with E-state index in [-0.39, 0.29) is 25.0 Å². The number of ether oxygens (including phenoxy) is 3. The number of benzene rings is 2. The van der Waals surface area contributed by atoms with Gasteiger partial charge >= 0.3 is 0 Å². The minimum Gasteiger partial charge on any atom is -0.494 e. The molecule has 2 amide bonds. The molecule has 0 aromatic heterocycles. The molecule has 2 aromatic carbocycles. The third-order valence-corrected chi connectivity index (χ3v) is 6.07. The highest BCUT2D eigenvalue weighted by atomic mass is 32.2. The third-order valence-electron chi connectivity index (χ3n) is 4.90. The van der Waals surface area contributed by atoms with E-state index in [2.05, 4.69) is 10.3 Å². The number of carbonyl (C=O) groups excluding carboxylic acids is 2. The average Bonchev–Trinajstić information content (AvgIpc) is 3.37. The number of hydrogen-bond donors (Lipinski definition) is 1. The van der Waals surface area contributed by atoms with Crippen LogP contribution < -0.4 is 19.5 Å². The number of thioether (sulfide) groups is 1. The first kappa shape index (κ1) is 22.0. The number of hydrogen-bond acceptors (Lipinski definition) is 7. The molecule has 2 aliphatic heterocycles. The highest BCUT2D eigenvalue weighted by Gasteiger charge is 2.38. The first-order chi connectivity index (χ1) is 15.6. The van der Waals surface area contributed by atoms with Gasteiger partial charge in [0.2, 0.25) is 18.6 Å². The number of aliphatic imine (C=N–C) groups is 1. The Morgan fingerprint density at radius 3 is 2.72 bits per heavy atom. The van der Waals surface area contributed by atoms with Crippen molar-refractivity contribution in [2.45, 2.75) is 31.9 Å². The maximum atomic E-state index is 12.8. The normalized spacial score (nSPS) is 18.3. The standard InChI is InChI=1S/C23H25N3O5S/c1-3-11-29-17-8-5-15(6-9-17)24-21(27)13-20-22(28)26(4-2)23(32-20)25-16-7-10-18-19(12-16)31-14-30-18/h5-10,12,20H,3-4,11,13-14H2,1-2H3,(H,24,27)/t20-/m1/s1. The van der Waals surface area contributed by atoms with Gasteiger partial charge < -0.3 is 19.5 Å². The summed E-state index contributed by atoms with van der Waals surface area (Å²) in [6.07, 6.45) is 0.995. The van der Waals surface area contributed by atoms with E-state index < -0.39 is 5.25 Å². The molecule has 0 aliphatic carbocycles. The number of anilines is 1. The second-order valence-corrected chi connectivity index (χ2v) is 8.42. The van der Waals surface area contributed by atoms with Crippen LogP contribution in [0.1, 0.15) is 26.7 Å². The Kier molecular flexibility index (Phi) is 6.84. The van der Waals surface area contributed by atoms with Crippen molar-refractivity contribution in [3.8, 4) is 17.2 Å². The predicted octanol–water partition coefficient (Wildman–Crippen LogP) is 4.18. The molecule has 1 N–H and O–H groups in total. The molecular weight excluding hydrogens is 430 g/mol. The summed E-state index contributed by atoms with van der Waals surface area (Å²) in [5.74, 6) is 1.73. The third kappa shape index (κ3) is 4.99. The fraction of sp³-hybridized carbons (Fsp3) is 0.348. The fourth-order valence-corrected chi connectivity index (χ4v) is 4.54. The van der Waals surface area contributed by atoms with E-state index >= 15 is 0 Å². The van der Waals surface area contributed by atoms with E-state index in [1.807, 2.05) is 32.0 Å². The molecule has 2 aliphatic rings. The van der Waals surface area contributed by atoms with Crippen molar-refractivity contribution in [3.63, 3.8) is 0 Å². The lowest BCUT2D eigenvalue weighted by Gasteiger charge is -2.13. The summed E-state index contributed by atoms with van der Waals surface area (Å²) in [6, 6.07) is 12.6. The summed E-state index contributed by atoms with van der Waals surface area (Å²) in [7, 11) is 0. The minimum atomic E-state index is -0.519. The first-order valence-electron chi connectivity index (χ1n) is 10.6. The lowest BCUT2D eigenvalue weighted by atomic mass is 10.2. The molecule has 4 rings (SSSR count). The lowest BCUT2D eigenvalue weighted by Crippen LogP contribution is -2.33. The summed E-state index contributed by atoms with van der Waals surface area (Å²) >= 11 is 1.30. The van der Waals surface area contributed by atoms with Crippen LogP contribution in [0.3, 0.4) is 0 Å². The van der Waals surface area contributed by atoms with Crippen LogP contribution >= 0.6 is 11.8 Å². The second-order valence-electron chi connectivity index (χ2n) is 7.25. The van der Waals surface area contributed by atoms with Crippen molar-refractivity contribution >= 4 is 40.1 Å². The summed E-state index contributed by atoms with van der Waals surface area (Å²) in [4.78, 5) is 31.6. The van der Waals surface area contributed by atoms with Crippen LogP contribution in [0.15, 0.2) is 47.5 Å². The molecule has 8 nitrogen and oxygen atoms in total. The molecule has 1 fully saturated rings. The van der Waals surface area contributed by atoms with Crippen LogP contribution in [0, 0.1) is 0 Å².